The van der Waals surface area contributed by atoms with Gasteiger partial charge < -0.3 is 4.98 Å². The van der Waals surface area contributed by atoms with Crippen LogP contribution in [0.25, 0.3) is 10.9 Å². The summed E-state index contributed by atoms with van der Waals surface area (Å²) in [5, 5.41) is 0.920. The Morgan fingerprint density at radius 2 is 1.88 bits per heavy atom. The molecule has 7 nitrogen and oxygen atoms in total. The topological polar surface area (TPSA) is 99.3 Å². The third kappa shape index (κ3) is 6.15. The van der Waals surface area contributed by atoms with E-state index in [0.29, 0.717) is 26.1 Å². The fourth-order valence-electron chi connectivity index (χ4n) is 3.32. The maximum absolute atomic E-state index is 14.6. The van der Waals surface area contributed by atoms with Crippen molar-refractivity contribution in [1.82, 2.24) is 14.0 Å². The number of aromatic nitrogens is 1. The molecule has 0 amide bonds. The fourth-order valence-corrected chi connectivity index (χ4v) is 5.58. The third-order valence-electron chi connectivity index (χ3n) is 4.88. The molecule has 0 unspecified atom stereocenters. The molecule has 3 aromatic rings. The average Bonchev–Trinajstić information content (AvgIpc) is 3.05. The highest BCUT2D eigenvalue weighted by molar-refractivity contribution is 9.10. The van der Waals surface area contributed by atoms with Crippen LogP contribution in [0.5, 0.6) is 0 Å². The van der Waals surface area contributed by atoms with Crippen molar-refractivity contribution in [2.45, 2.75) is 17.9 Å². The van der Waals surface area contributed by atoms with Crippen LogP contribution in [-0.4, -0.2) is 45.5 Å². The molecule has 176 valence electrons. The summed E-state index contributed by atoms with van der Waals surface area (Å²) in [6.45, 7) is -0.288. The molecule has 0 bridgehead atoms. The van der Waals surface area contributed by atoms with Gasteiger partial charge in [-0.15, -0.1) is 6.42 Å². The number of fused-ring (bicyclic) bond motifs is 1. The highest BCUT2D eigenvalue weighted by Crippen LogP contribution is 2.30. The second-order valence-electron chi connectivity index (χ2n) is 7.23. The first kappa shape index (κ1) is 25.7. The van der Waals surface area contributed by atoms with E-state index < -0.39 is 25.9 Å². The van der Waals surface area contributed by atoms with Crippen LogP contribution in [0.3, 0.4) is 0 Å². The van der Waals surface area contributed by atoms with Crippen molar-refractivity contribution in [3.05, 3.63) is 63.0 Å². The Balaban J connectivity index is 1.94. The molecule has 3 rings (SSSR count). The van der Waals surface area contributed by atoms with E-state index in [1.54, 1.807) is 6.07 Å². The number of hydrogen-bond donors (Lipinski definition) is 2. The summed E-state index contributed by atoms with van der Waals surface area (Å²) in [5.74, 6) is 1.77. The Kier molecular flexibility index (Phi) is 7.88. The fraction of sp³-hybridized carbons (Fsp3) is 0.238. The Morgan fingerprint density at radius 3 is 2.48 bits per heavy atom. The van der Waals surface area contributed by atoms with E-state index >= 15 is 0 Å². The summed E-state index contributed by atoms with van der Waals surface area (Å²) >= 11 is 9.08. The van der Waals surface area contributed by atoms with Crippen LogP contribution in [0.4, 0.5) is 4.39 Å². The smallest absolute Gasteiger partial charge is 0.240 e. The number of sulfonamides is 2. The van der Waals surface area contributed by atoms with Gasteiger partial charge in [-0.1, -0.05) is 33.5 Å². The van der Waals surface area contributed by atoms with E-state index in [9.17, 15) is 21.2 Å². The summed E-state index contributed by atoms with van der Waals surface area (Å²) in [4.78, 5) is 3.00. The second kappa shape index (κ2) is 10.1. The van der Waals surface area contributed by atoms with E-state index in [0.717, 1.165) is 10.6 Å². The molecular formula is C21H20BrClFN3O4S2. The maximum atomic E-state index is 14.6. The molecule has 0 fully saturated rings. The summed E-state index contributed by atoms with van der Waals surface area (Å²) < 4.78 is 68.1. The minimum Gasteiger partial charge on any atom is -0.355 e. The van der Waals surface area contributed by atoms with Crippen LogP contribution in [0.2, 0.25) is 5.02 Å². The molecule has 33 heavy (non-hydrogen) atoms. The van der Waals surface area contributed by atoms with Crippen molar-refractivity contribution in [3.8, 4) is 12.3 Å². The van der Waals surface area contributed by atoms with Crippen LogP contribution in [0, 0.1) is 18.2 Å². The number of H-pyrrole nitrogens is 1. The number of hydrogen-bond acceptors (Lipinski definition) is 4. The van der Waals surface area contributed by atoms with Gasteiger partial charge in [0.2, 0.25) is 20.0 Å². The zero-order chi connectivity index (χ0) is 24.4. The van der Waals surface area contributed by atoms with Gasteiger partial charge in [-0.2, -0.15) is 4.31 Å². The lowest BCUT2D eigenvalue weighted by Gasteiger charge is -2.17. The zero-order valence-corrected chi connectivity index (χ0v) is 21.4. The lowest BCUT2D eigenvalue weighted by Crippen LogP contribution is -2.30. The predicted octanol–water partition coefficient (Wildman–Crippen LogP) is 3.64. The molecular weight excluding hydrogens is 557 g/mol. The monoisotopic (exact) mass is 575 g/mol. The molecule has 2 aromatic carbocycles. The number of rotatable bonds is 9. The van der Waals surface area contributed by atoms with Crippen molar-refractivity contribution in [3.63, 3.8) is 0 Å². The quantitative estimate of drug-likeness (QED) is 0.380. The SMILES string of the molecule is C#CCN(Cc1[nH]c2c(F)cc(Br)cc2c1CCNS(=O)(=O)c1ccc(Cl)cc1)S(C)(=O)=O. The molecule has 0 saturated heterocycles. The van der Waals surface area contributed by atoms with E-state index in [-0.39, 0.29) is 36.5 Å². The summed E-state index contributed by atoms with van der Waals surface area (Å²) in [6, 6.07) is 8.69. The minimum atomic E-state index is -3.80. The van der Waals surface area contributed by atoms with Gasteiger partial charge in [0.25, 0.3) is 0 Å². The highest BCUT2D eigenvalue weighted by atomic mass is 79.9. The molecule has 0 spiro atoms. The number of nitrogens with one attached hydrogen (secondary N) is 2. The van der Waals surface area contributed by atoms with E-state index in [1.807, 2.05) is 0 Å². The number of aromatic amines is 1. The molecule has 2 N–H and O–H groups in total. The lowest BCUT2D eigenvalue weighted by molar-refractivity contribution is 0.442. The molecule has 0 atom stereocenters. The van der Waals surface area contributed by atoms with Gasteiger partial charge in [0.1, 0.15) is 5.82 Å². The number of halogens is 3. The van der Waals surface area contributed by atoms with Crippen molar-refractivity contribution in [1.29, 1.82) is 0 Å². The molecule has 0 aliphatic heterocycles. The standard InChI is InChI=1S/C21H20BrClFN3O4S2/c1-3-10-27(32(2,28)29)13-20-17(18-11-14(22)12-19(24)21(18)26-20)8-9-25-33(30,31)16-6-4-15(23)5-7-16/h1,4-7,11-12,25-26H,8-10,13H2,2H3. The average molecular weight is 577 g/mol. The van der Waals surface area contributed by atoms with Gasteiger partial charge in [0.05, 0.1) is 29.8 Å². The van der Waals surface area contributed by atoms with Gasteiger partial charge in [0.15, 0.2) is 0 Å². The van der Waals surface area contributed by atoms with Crippen molar-refractivity contribution >= 4 is 58.5 Å². The van der Waals surface area contributed by atoms with Crippen LogP contribution in [0.15, 0.2) is 45.8 Å². The Bertz CT molecular complexity index is 1430. The van der Waals surface area contributed by atoms with Gasteiger partial charge in [-0.3, -0.25) is 0 Å². The van der Waals surface area contributed by atoms with Gasteiger partial charge in [-0.25, -0.2) is 25.9 Å². The molecule has 0 saturated carbocycles. The Morgan fingerprint density at radius 1 is 1.21 bits per heavy atom. The number of benzene rings is 2. The predicted molar refractivity (Wildman–Crippen MR) is 130 cm³/mol. The first-order valence-electron chi connectivity index (χ1n) is 9.54. The lowest BCUT2D eigenvalue weighted by atomic mass is 10.1. The Hall–Kier alpha value is -1.94. The maximum Gasteiger partial charge on any atom is 0.240 e. The Labute approximate surface area is 205 Å². The highest BCUT2D eigenvalue weighted by Gasteiger charge is 2.22. The zero-order valence-electron chi connectivity index (χ0n) is 17.4. The van der Waals surface area contributed by atoms with E-state index in [2.05, 4.69) is 31.6 Å². The number of terminal acetylenes is 1. The van der Waals surface area contributed by atoms with Crippen molar-refractivity contribution < 1.29 is 21.2 Å². The molecule has 1 aromatic heterocycles. The molecule has 0 aliphatic carbocycles. The van der Waals surface area contributed by atoms with Crippen LogP contribution in [-0.2, 0) is 33.0 Å². The third-order valence-corrected chi connectivity index (χ3v) is 8.27. The normalized spacial score (nSPS) is 12.4. The summed E-state index contributed by atoms with van der Waals surface area (Å²) in [5.41, 5.74) is 1.20. The van der Waals surface area contributed by atoms with E-state index in [1.165, 1.54) is 30.3 Å². The molecule has 0 radical (unpaired) electrons. The van der Waals surface area contributed by atoms with Gasteiger partial charge >= 0.3 is 0 Å². The second-order valence-corrected chi connectivity index (χ2v) is 12.3. The van der Waals surface area contributed by atoms with Gasteiger partial charge in [0, 0.05) is 27.1 Å². The number of nitrogens with zero attached hydrogens (tertiary/aromatic N) is 1. The minimum absolute atomic E-state index is 0.00689. The van der Waals surface area contributed by atoms with Crippen molar-refractivity contribution in [2.75, 3.05) is 19.3 Å². The van der Waals surface area contributed by atoms with Crippen molar-refractivity contribution in [2.24, 2.45) is 0 Å². The first-order valence-corrected chi connectivity index (χ1v) is 14.0. The van der Waals surface area contributed by atoms with Crippen LogP contribution >= 0.6 is 27.5 Å². The summed E-state index contributed by atoms with van der Waals surface area (Å²) in [7, 11) is -7.44. The van der Waals surface area contributed by atoms with Crippen LogP contribution in [0.1, 0.15) is 11.3 Å². The van der Waals surface area contributed by atoms with E-state index in [4.69, 9.17) is 18.0 Å². The van der Waals surface area contributed by atoms with Gasteiger partial charge in [-0.05, 0) is 48.4 Å². The molecule has 0 aliphatic rings. The molecule has 1 heterocycles. The first-order chi connectivity index (χ1) is 15.4. The summed E-state index contributed by atoms with van der Waals surface area (Å²) in [6.07, 6.45) is 6.52. The van der Waals surface area contributed by atoms with Crippen LogP contribution < -0.4 is 4.72 Å². The largest absolute Gasteiger partial charge is 0.355 e. The molecule has 12 heteroatoms.